The van der Waals surface area contributed by atoms with Gasteiger partial charge in [0.25, 0.3) is 0 Å². The number of hydrogen-bond acceptors (Lipinski definition) is 0. The predicted octanol–water partition coefficient (Wildman–Crippen LogP) is 14.1. The van der Waals surface area contributed by atoms with Crippen molar-refractivity contribution in [3.63, 3.8) is 0 Å². The Morgan fingerprint density at radius 1 is 0.404 bits per heavy atom. The van der Waals surface area contributed by atoms with Gasteiger partial charge in [-0.05, 0) is 125 Å². The lowest BCUT2D eigenvalue weighted by Crippen LogP contribution is -2.29. The molecule has 274 valence electrons. The molecule has 0 aromatic heterocycles. The molecule has 57 heavy (non-hydrogen) atoms. The van der Waals surface area contributed by atoms with E-state index in [2.05, 4.69) is 198 Å². The summed E-state index contributed by atoms with van der Waals surface area (Å²) in [6.07, 6.45) is 7.02. The van der Waals surface area contributed by atoms with E-state index in [0.717, 1.165) is 12.8 Å². The standard InChI is InChI=1S/C57H46/c1-54(2)46-21-11-6-16-38(46)43-29-26-35(32-51(43)54)56(5,36-27-30-44-39-17-7-12-22-47(39)55(3,4)52(44)33-36)37-28-31-45-42-20-10-15-25-50(42)57(53(45)34-37)48-23-13-8-18-40(48)41-19-9-14-24-49(41)57/h6,8-16,18-34H,7,17H2,1-5H3. The Balaban J connectivity index is 1.14. The van der Waals surface area contributed by atoms with E-state index in [1.165, 1.54) is 100 Å². The second-order valence-corrected chi connectivity index (χ2v) is 18.4. The summed E-state index contributed by atoms with van der Waals surface area (Å²) in [5, 5.41) is 0. The van der Waals surface area contributed by atoms with Crippen molar-refractivity contribution < 1.29 is 0 Å². The van der Waals surface area contributed by atoms with Crippen molar-refractivity contribution in [2.45, 2.75) is 69.1 Å². The maximum absolute atomic E-state index is 2.62. The van der Waals surface area contributed by atoms with Gasteiger partial charge in [-0.25, -0.2) is 0 Å². The molecule has 0 bridgehead atoms. The second-order valence-electron chi connectivity index (χ2n) is 18.4. The van der Waals surface area contributed by atoms with Crippen LogP contribution in [0.3, 0.4) is 0 Å². The highest BCUT2D eigenvalue weighted by atomic mass is 14.5. The van der Waals surface area contributed by atoms with Crippen molar-refractivity contribution in [1.82, 2.24) is 0 Å². The largest absolute Gasteiger partial charge is 0.0839 e. The van der Waals surface area contributed by atoms with Crippen LogP contribution in [0.25, 0.3) is 39.0 Å². The summed E-state index contributed by atoms with van der Waals surface area (Å²) in [4.78, 5) is 0. The van der Waals surface area contributed by atoms with Gasteiger partial charge in [0.15, 0.2) is 0 Å². The molecular weight excluding hydrogens is 685 g/mol. The fourth-order valence-corrected chi connectivity index (χ4v) is 12.2. The predicted molar refractivity (Wildman–Crippen MR) is 237 cm³/mol. The van der Waals surface area contributed by atoms with E-state index in [1.54, 1.807) is 5.57 Å². The molecule has 5 aliphatic carbocycles. The minimum atomic E-state index is -0.452. The zero-order chi connectivity index (χ0) is 38.5. The van der Waals surface area contributed by atoms with Crippen LogP contribution >= 0.6 is 0 Å². The van der Waals surface area contributed by atoms with E-state index in [-0.39, 0.29) is 10.8 Å². The van der Waals surface area contributed by atoms with E-state index < -0.39 is 10.8 Å². The van der Waals surface area contributed by atoms with Gasteiger partial charge in [-0.1, -0.05) is 192 Å². The first-order valence-corrected chi connectivity index (χ1v) is 20.9. The van der Waals surface area contributed by atoms with E-state index in [0.29, 0.717) is 0 Å². The normalized spacial score (nSPS) is 18.5. The number of allylic oxidation sites excluding steroid dienone is 4. The van der Waals surface area contributed by atoms with Gasteiger partial charge in [-0.2, -0.15) is 0 Å². The van der Waals surface area contributed by atoms with Crippen molar-refractivity contribution >= 4 is 5.57 Å². The molecular formula is C57H46. The minimum absolute atomic E-state index is 0.0546. The van der Waals surface area contributed by atoms with Crippen LogP contribution in [0, 0.1) is 0 Å². The Morgan fingerprint density at radius 2 is 0.807 bits per heavy atom. The van der Waals surface area contributed by atoms with Crippen LogP contribution < -0.4 is 0 Å². The van der Waals surface area contributed by atoms with Gasteiger partial charge in [0, 0.05) is 16.2 Å². The molecule has 0 fully saturated rings. The van der Waals surface area contributed by atoms with Gasteiger partial charge in [0.2, 0.25) is 0 Å². The summed E-state index contributed by atoms with van der Waals surface area (Å²) in [5.41, 5.74) is 25.4. The highest BCUT2D eigenvalue weighted by molar-refractivity contribution is 5.95. The molecule has 7 aromatic carbocycles. The molecule has 5 aliphatic rings. The van der Waals surface area contributed by atoms with E-state index in [4.69, 9.17) is 0 Å². The molecule has 1 atom stereocenters. The fraction of sp³-hybridized carbons (Fsp3) is 0.193. The van der Waals surface area contributed by atoms with Gasteiger partial charge in [-0.3, -0.25) is 0 Å². The summed E-state index contributed by atoms with van der Waals surface area (Å²) in [6.45, 7) is 12.2. The Morgan fingerprint density at radius 3 is 1.35 bits per heavy atom. The van der Waals surface area contributed by atoms with Gasteiger partial charge in [0.1, 0.15) is 0 Å². The minimum Gasteiger partial charge on any atom is -0.0839 e. The van der Waals surface area contributed by atoms with Crippen molar-refractivity contribution in [2.75, 3.05) is 0 Å². The van der Waals surface area contributed by atoms with E-state index >= 15 is 0 Å². The lowest BCUT2D eigenvalue weighted by Gasteiger charge is -2.36. The van der Waals surface area contributed by atoms with Crippen LogP contribution in [0.4, 0.5) is 0 Å². The molecule has 0 nitrogen and oxygen atoms in total. The highest BCUT2D eigenvalue weighted by Gasteiger charge is 2.52. The first kappa shape index (κ1) is 33.2. The molecule has 1 unspecified atom stereocenters. The molecule has 12 rings (SSSR count). The molecule has 0 N–H and O–H groups in total. The van der Waals surface area contributed by atoms with Gasteiger partial charge >= 0.3 is 0 Å². The molecule has 0 radical (unpaired) electrons. The maximum atomic E-state index is 2.62. The number of fused-ring (bicyclic) bond motifs is 15. The molecule has 0 heteroatoms. The summed E-state index contributed by atoms with van der Waals surface area (Å²) >= 11 is 0. The SMILES string of the molecule is CC1(C)C2=C(CCC=C2)c2ccc(C(C)(c3ccc4c(c3)C(C)(C)c3ccccc3-4)c3ccc4c(c3)C3(c5ccccc5-c5ccccc53)c3ccccc3-4)cc21. The van der Waals surface area contributed by atoms with Crippen molar-refractivity contribution in [3.8, 4) is 33.4 Å². The molecule has 1 spiro atoms. The summed E-state index contributed by atoms with van der Waals surface area (Å²) in [5.74, 6) is 0. The number of rotatable bonds is 3. The van der Waals surface area contributed by atoms with Gasteiger partial charge < -0.3 is 0 Å². The Labute approximate surface area is 337 Å². The fourth-order valence-electron chi connectivity index (χ4n) is 12.2. The van der Waals surface area contributed by atoms with Crippen molar-refractivity contribution in [1.29, 1.82) is 0 Å². The Kier molecular flexibility index (Phi) is 6.47. The molecule has 7 aromatic rings. The number of benzene rings is 7. The van der Waals surface area contributed by atoms with Gasteiger partial charge in [0.05, 0.1) is 5.41 Å². The van der Waals surface area contributed by atoms with Crippen LogP contribution in [0.1, 0.15) is 109 Å². The van der Waals surface area contributed by atoms with E-state index in [1.807, 2.05) is 0 Å². The van der Waals surface area contributed by atoms with Crippen molar-refractivity contribution in [3.05, 3.63) is 231 Å². The highest BCUT2D eigenvalue weighted by Crippen LogP contribution is 2.63. The van der Waals surface area contributed by atoms with Crippen LogP contribution in [0.15, 0.2) is 169 Å². The van der Waals surface area contributed by atoms with Crippen LogP contribution in [0.2, 0.25) is 0 Å². The average molecular weight is 731 g/mol. The first-order valence-electron chi connectivity index (χ1n) is 20.9. The van der Waals surface area contributed by atoms with Crippen LogP contribution in [0.5, 0.6) is 0 Å². The first-order chi connectivity index (χ1) is 27.7. The van der Waals surface area contributed by atoms with E-state index in [9.17, 15) is 0 Å². The molecule has 0 aliphatic heterocycles. The topological polar surface area (TPSA) is 0 Å². The van der Waals surface area contributed by atoms with Crippen LogP contribution in [-0.2, 0) is 21.7 Å². The van der Waals surface area contributed by atoms with Crippen molar-refractivity contribution in [2.24, 2.45) is 0 Å². The molecule has 0 heterocycles. The average Bonchev–Trinajstić information content (AvgIpc) is 3.88. The zero-order valence-corrected chi connectivity index (χ0v) is 33.5. The molecule has 0 amide bonds. The quantitative estimate of drug-likeness (QED) is 0.159. The summed E-state index contributed by atoms with van der Waals surface area (Å²) < 4.78 is 0. The molecule has 0 saturated carbocycles. The zero-order valence-electron chi connectivity index (χ0n) is 33.5. The Bertz CT molecular complexity index is 2910. The number of hydrogen-bond donors (Lipinski definition) is 0. The molecule has 0 saturated heterocycles. The summed E-state index contributed by atoms with van der Waals surface area (Å²) in [7, 11) is 0. The monoisotopic (exact) mass is 730 g/mol. The third kappa shape index (κ3) is 3.99. The smallest absolute Gasteiger partial charge is 0.0725 e. The lowest BCUT2D eigenvalue weighted by molar-refractivity contribution is 0.636. The van der Waals surface area contributed by atoms with Crippen LogP contribution in [-0.4, -0.2) is 0 Å². The third-order valence-electron chi connectivity index (χ3n) is 15.2. The van der Waals surface area contributed by atoms with Gasteiger partial charge in [-0.15, -0.1) is 0 Å². The lowest BCUT2D eigenvalue weighted by atomic mass is 9.66. The third-order valence-corrected chi connectivity index (χ3v) is 15.2. The maximum Gasteiger partial charge on any atom is 0.0725 e. The Hall–Kier alpha value is -5.98. The summed E-state index contributed by atoms with van der Waals surface area (Å²) in [6, 6.07) is 59.0. The second kappa shape index (κ2) is 11.1.